The van der Waals surface area contributed by atoms with E-state index in [1.807, 2.05) is 17.0 Å². The summed E-state index contributed by atoms with van der Waals surface area (Å²) in [4.78, 5) is 22.0. The van der Waals surface area contributed by atoms with Crippen LogP contribution in [0.5, 0.6) is 0 Å². The third-order valence-corrected chi connectivity index (χ3v) is 4.57. The first-order valence-electron chi connectivity index (χ1n) is 8.61. The second kappa shape index (κ2) is 6.67. The maximum absolute atomic E-state index is 12.6. The first kappa shape index (κ1) is 16.6. The van der Waals surface area contributed by atoms with E-state index < -0.39 is 0 Å². The fourth-order valence-electron chi connectivity index (χ4n) is 3.04. The topological polar surface area (TPSA) is 61.0 Å². The highest BCUT2D eigenvalue weighted by atomic mass is 16.2. The number of rotatable bonds is 1. The van der Waals surface area contributed by atoms with Crippen LogP contribution >= 0.6 is 0 Å². The number of carbonyl (C=O) groups is 1. The summed E-state index contributed by atoms with van der Waals surface area (Å²) in [6.45, 7) is 8.02. The van der Waals surface area contributed by atoms with Crippen molar-refractivity contribution in [1.29, 1.82) is 0 Å². The molecule has 24 heavy (non-hydrogen) atoms. The summed E-state index contributed by atoms with van der Waals surface area (Å²) in [5.74, 6) is 0. The molecule has 0 spiro atoms. The van der Waals surface area contributed by atoms with Gasteiger partial charge in [-0.05, 0) is 36.0 Å². The second-order valence-corrected chi connectivity index (χ2v) is 7.43. The molecule has 2 N–H and O–H groups in total. The van der Waals surface area contributed by atoms with Gasteiger partial charge in [-0.1, -0.05) is 32.9 Å². The molecule has 0 aliphatic carbocycles. The number of hydrogen-bond donors (Lipinski definition) is 2. The minimum atomic E-state index is -0.0301. The van der Waals surface area contributed by atoms with Crippen molar-refractivity contribution in [3.63, 3.8) is 0 Å². The monoisotopic (exact) mass is 326 g/mol. The molecule has 128 valence electrons. The Labute approximate surface area is 143 Å². The van der Waals surface area contributed by atoms with Crippen molar-refractivity contribution < 1.29 is 4.79 Å². The van der Waals surface area contributed by atoms with E-state index in [-0.39, 0.29) is 11.4 Å². The Bertz CT molecular complexity index is 697. The Morgan fingerprint density at radius 1 is 1.17 bits per heavy atom. The van der Waals surface area contributed by atoms with Gasteiger partial charge in [0.05, 0.1) is 12.0 Å². The molecule has 5 heteroatoms. The SMILES string of the molecule is CC(C)(C)c1ccc(NC(=O)N2CCCc3[nH]cnc3CC2)cc1. The number of carbonyl (C=O) groups excluding carboxylic acids is 1. The van der Waals surface area contributed by atoms with Crippen molar-refractivity contribution >= 4 is 11.7 Å². The predicted octanol–water partition coefficient (Wildman–Crippen LogP) is 3.73. The van der Waals surface area contributed by atoms with Gasteiger partial charge in [-0.3, -0.25) is 0 Å². The van der Waals surface area contributed by atoms with E-state index in [2.05, 4.69) is 48.2 Å². The van der Waals surface area contributed by atoms with Gasteiger partial charge in [0.15, 0.2) is 0 Å². The highest BCUT2D eigenvalue weighted by Gasteiger charge is 2.19. The second-order valence-electron chi connectivity index (χ2n) is 7.43. The number of imidazole rings is 1. The normalized spacial score (nSPS) is 15.4. The van der Waals surface area contributed by atoms with Crippen molar-refractivity contribution in [1.82, 2.24) is 14.9 Å². The Morgan fingerprint density at radius 2 is 1.92 bits per heavy atom. The lowest BCUT2D eigenvalue weighted by Crippen LogP contribution is -2.38. The number of H-pyrrole nitrogens is 1. The molecular weight excluding hydrogens is 300 g/mol. The Balaban J connectivity index is 1.62. The molecule has 1 aromatic heterocycles. The number of amides is 2. The van der Waals surface area contributed by atoms with E-state index in [0.717, 1.165) is 37.2 Å². The molecule has 1 aliphatic heterocycles. The zero-order chi connectivity index (χ0) is 17.2. The van der Waals surface area contributed by atoms with Gasteiger partial charge in [0.1, 0.15) is 0 Å². The van der Waals surface area contributed by atoms with Gasteiger partial charge in [0.2, 0.25) is 0 Å². The Kier molecular flexibility index (Phi) is 4.60. The van der Waals surface area contributed by atoms with Crippen LogP contribution in [0.2, 0.25) is 0 Å². The quantitative estimate of drug-likeness (QED) is 0.839. The molecule has 0 radical (unpaired) electrons. The smallest absolute Gasteiger partial charge is 0.321 e. The number of fused-ring (bicyclic) bond motifs is 1. The summed E-state index contributed by atoms with van der Waals surface area (Å²) in [5.41, 5.74) is 4.52. The summed E-state index contributed by atoms with van der Waals surface area (Å²) in [5, 5.41) is 3.02. The molecule has 0 saturated heterocycles. The first-order chi connectivity index (χ1) is 11.4. The van der Waals surface area contributed by atoms with Gasteiger partial charge >= 0.3 is 6.03 Å². The number of anilines is 1. The van der Waals surface area contributed by atoms with Crippen molar-refractivity contribution in [3.05, 3.63) is 47.5 Å². The van der Waals surface area contributed by atoms with E-state index in [4.69, 9.17) is 0 Å². The summed E-state index contributed by atoms with van der Waals surface area (Å²) in [7, 11) is 0. The summed E-state index contributed by atoms with van der Waals surface area (Å²) in [6, 6.07) is 8.10. The van der Waals surface area contributed by atoms with Crippen molar-refractivity contribution in [3.8, 4) is 0 Å². The van der Waals surface area contributed by atoms with Gasteiger partial charge in [-0.25, -0.2) is 9.78 Å². The van der Waals surface area contributed by atoms with Crippen LogP contribution in [0.4, 0.5) is 10.5 Å². The predicted molar refractivity (Wildman–Crippen MR) is 96.3 cm³/mol. The molecule has 5 nitrogen and oxygen atoms in total. The van der Waals surface area contributed by atoms with Crippen molar-refractivity contribution in [2.75, 3.05) is 18.4 Å². The molecule has 0 atom stereocenters. The highest BCUT2D eigenvalue weighted by Crippen LogP contribution is 2.23. The average molecular weight is 326 g/mol. The molecule has 1 aliphatic rings. The lowest BCUT2D eigenvalue weighted by molar-refractivity contribution is 0.210. The fourth-order valence-corrected chi connectivity index (χ4v) is 3.04. The molecule has 0 bridgehead atoms. The zero-order valence-corrected chi connectivity index (χ0v) is 14.7. The van der Waals surface area contributed by atoms with Crippen molar-refractivity contribution in [2.24, 2.45) is 0 Å². The summed E-state index contributed by atoms with van der Waals surface area (Å²) < 4.78 is 0. The van der Waals surface area contributed by atoms with E-state index in [1.165, 1.54) is 11.3 Å². The molecule has 3 rings (SSSR count). The van der Waals surface area contributed by atoms with Crippen LogP contribution in [0.1, 0.15) is 44.1 Å². The molecule has 0 saturated carbocycles. The van der Waals surface area contributed by atoms with Gasteiger partial charge in [-0.2, -0.15) is 0 Å². The lowest BCUT2D eigenvalue weighted by Gasteiger charge is -2.25. The third kappa shape index (κ3) is 3.78. The largest absolute Gasteiger partial charge is 0.348 e. The minimum absolute atomic E-state index is 0.0301. The number of aromatic amines is 1. The maximum Gasteiger partial charge on any atom is 0.321 e. The van der Waals surface area contributed by atoms with Crippen LogP contribution in [0.15, 0.2) is 30.6 Å². The van der Waals surface area contributed by atoms with Crippen LogP contribution in [0.25, 0.3) is 0 Å². The summed E-state index contributed by atoms with van der Waals surface area (Å²) >= 11 is 0. The molecule has 2 aromatic rings. The Hall–Kier alpha value is -2.30. The third-order valence-electron chi connectivity index (χ3n) is 4.57. The standard InChI is InChI=1S/C19H26N4O/c1-19(2,3)14-6-8-15(9-7-14)22-18(24)23-11-4-5-16-17(10-12-23)21-13-20-16/h6-9,13H,4-5,10-12H2,1-3H3,(H,20,21)(H,22,24). The van der Waals surface area contributed by atoms with Crippen LogP contribution in [-0.2, 0) is 18.3 Å². The number of hydrogen-bond acceptors (Lipinski definition) is 2. The van der Waals surface area contributed by atoms with Crippen molar-refractivity contribution in [2.45, 2.75) is 45.4 Å². The lowest BCUT2D eigenvalue weighted by atomic mass is 9.87. The molecule has 0 unspecified atom stereocenters. The van der Waals surface area contributed by atoms with E-state index in [1.54, 1.807) is 6.33 Å². The summed E-state index contributed by atoms with van der Waals surface area (Å²) in [6.07, 6.45) is 4.44. The van der Waals surface area contributed by atoms with Crippen LogP contribution in [-0.4, -0.2) is 34.0 Å². The number of nitrogens with one attached hydrogen (secondary N) is 2. The Morgan fingerprint density at radius 3 is 2.62 bits per heavy atom. The fraction of sp³-hybridized carbons (Fsp3) is 0.474. The van der Waals surface area contributed by atoms with Crippen LogP contribution in [0, 0.1) is 0 Å². The number of benzene rings is 1. The number of aryl methyl sites for hydroxylation is 1. The minimum Gasteiger partial charge on any atom is -0.348 e. The molecule has 2 heterocycles. The zero-order valence-electron chi connectivity index (χ0n) is 14.7. The molecular formula is C19H26N4O. The van der Waals surface area contributed by atoms with E-state index >= 15 is 0 Å². The van der Waals surface area contributed by atoms with Gasteiger partial charge in [0, 0.05) is 30.9 Å². The van der Waals surface area contributed by atoms with Gasteiger partial charge in [-0.15, -0.1) is 0 Å². The van der Waals surface area contributed by atoms with Gasteiger partial charge in [0.25, 0.3) is 0 Å². The number of nitrogens with zero attached hydrogens (tertiary/aromatic N) is 2. The maximum atomic E-state index is 12.6. The van der Waals surface area contributed by atoms with E-state index in [9.17, 15) is 4.79 Å². The van der Waals surface area contributed by atoms with Crippen LogP contribution in [0.3, 0.4) is 0 Å². The van der Waals surface area contributed by atoms with Gasteiger partial charge < -0.3 is 15.2 Å². The number of urea groups is 1. The van der Waals surface area contributed by atoms with Crippen LogP contribution < -0.4 is 5.32 Å². The average Bonchev–Trinajstić information content (AvgIpc) is 2.93. The molecule has 0 fully saturated rings. The molecule has 2 amide bonds. The first-order valence-corrected chi connectivity index (χ1v) is 8.61. The molecule has 1 aromatic carbocycles. The van der Waals surface area contributed by atoms with E-state index in [0.29, 0.717) is 6.54 Å². The highest BCUT2D eigenvalue weighted by molar-refractivity contribution is 5.89. The number of aromatic nitrogens is 2.